The molecule has 0 aromatic carbocycles. The van der Waals surface area contributed by atoms with Crippen molar-refractivity contribution >= 4 is 0 Å². The van der Waals surface area contributed by atoms with Gasteiger partial charge < -0.3 is 15.0 Å². The smallest absolute Gasteiger partial charge is 0.226 e. The van der Waals surface area contributed by atoms with Crippen LogP contribution in [0.4, 0.5) is 0 Å². The highest BCUT2D eigenvalue weighted by Crippen LogP contribution is 2.26. The van der Waals surface area contributed by atoms with Crippen LogP contribution in [-0.4, -0.2) is 23.4 Å². The first-order valence-corrected chi connectivity index (χ1v) is 7.81. The van der Waals surface area contributed by atoms with E-state index in [1.54, 1.807) is 0 Å². The Labute approximate surface area is 121 Å². The Morgan fingerprint density at radius 1 is 1.35 bits per heavy atom. The molecule has 114 valence electrons. The van der Waals surface area contributed by atoms with Crippen molar-refractivity contribution in [3.05, 3.63) is 11.7 Å². The molecule has 0 bridgehead atoms. The molecule has 20 heavy (non-hydrogen) atoms. The molecule has 1 aliphatic rings. The van der Waals surface area contributed by atoms with Crippen LogP contribution in [-0.2, 0) is 16.7 Å². The topological polar surface area (TPSA) is 74.2 Å². The summed E-state index contributed by atoms with van der Waals surface area (Å²) in [7, 11) is 0. The molecule has 0 aliphatic heterocycles. The minimum atomic E-state index is -0.677. The largest absolute Gasteiger partial charge is 0.379 e. The molecule has 1 saturated carbocycles. The van der Waals surface area contributed by atoms with Crippen molar-refractivity contribution in [2.75, 3.05) is 13.2 Å². The molecule has 0 spiro atoms. The van der Waals surface area contributed by atoms with E-state index in [0.717, 1.165) is 18.7 Å². The van der Waals surface area contributed by atoms with Gasteiger partial charge in [-0.05, 0) is 32.1 Å². The zero-order valence-electron chi connectivity index (χ0n) is 12.7. The van der Waals surface area contributed by atoms with E-state index in [4.69, 9.17) is 15.0 Å². The Hall–Kier alpha value is -0.940. The van der Waals surface area contributed by atoms with Gasteiger partial charge in [0.2, 0.25) is 5.89 Å². The summed E-state index contributed by atoms with van der Waals surface area (Å²) in [4.78, 5) is 4.47. The van der Waals surface area contributed by atoms with Crippen molar-refractivity contribution in [3.8, 4) is 0 Å². The Morgan fingerprint density at radius 2 is 2.10 bits per heavy atom. The summed E-state index contributed by atoms with van der Waals surface area (Å²) in [6.07, 6.45) is 8.43. The van der Waals surface area contributed by atoms with Crippen LogP contribution in [0, 0.1) is 5.92 Å². The minimum absolute atomic E-state index is 0.420. The Balaban J connectivity index is 1.89. The Kier molecular flexibility index (Phi) is 5.54. The van der Waals surface area contributed by atoms with Gasteiger partial charge in [-0.15, -0.1) is 0 Å². The molecule has 5 nitrogen and oxygen atoms in total. The number of hydrogen-bond donors (Lipinski definition) is 1. The van der Waals surface area contributed by atoms with Gasteiger partial charge in [0.15, 0.2) is 5.82 Å². The quantitative estimate of drug-likeness (QED) is 0.778. The van der Waals surface area contributed by atoms with Crippen molar-refractivity contribution < 1.29 is 9.26 Å². The molecule has 1 fully saturated rings. The number of nitrogens with two attached hydrogens (primary N) is 1. The van der Waals surface area contributed by atoms with E-state index in [0.29, 0.717) is 25.0 Å². The summed E-state index contributed by atoms with van der Waals surface area (Å²) in [5.41, 5.74) is 5.54. The molecule has 2 rings (SSSR count). The van der Waals surface area contributed by atoms with Crippen LogP contribution >= 0.6 is 0 Å². The monoisotopic (exact) mass is 281 g/mol. The van der Waals surface area contributed by atoms with E-state index >= 15 is 0 Å². The summed E-state index contributed by atoms with van der Waals surface area (Å²) in [6, 6.07) is 0. The van der Waals surface area contributed by atoms with Crippen LogP contribution in [0.15, 0.2) is 4.52 Å². The number of ether oxygens (including phenoxy) is 1. The van der Waals surface area contributed by atoms with Crippen molar-refractivity contribution in [2.45, 2.75) is 64.3 Å². The average Bonchev–Trinajstić information content (AvgIpc) is 2.89. The average molecular weight is 281 g/mol. The molecule has 1 aromatic heterocycles. The van der Waals surface area contributed by atoms with E-state index in [1.165, 1.54) is 32.1 Å². The summed E-state index contributed by atoms with van der Waals surface area (Å²) < 4.78 is 10.9. The fourth-order valence-electron chi connectivity index (χ4n) is 2.70. The van der Waals surface area contributed by atoms with Crippen LogP contribution in [0.3, 0.4) is 0 Å². The molecule has 5 heteroatoms. The van der Waals surface area contributed by atoms with E-state index in [-0.39, 0.29) is 0 Å². The van der Waals surface area contributed by atoms with Gasteiger partial charge in [-0.3, -0.25) is 0 Å². The number of hydrogen-bond acceptors (Lipinski definition) is 5. The van der Waals surface area contributed by atoms with E-state index in [9.17, 15) is 0 Å². The lowest BCUT2D eigenvalue weighted by molar-refractivity contribution is 0.0867. The first-order chi connectivity index (χ1) is 9.62. The van der Waals surface area contributed by atoms with Gasteiger partial charge in [-0.2, -0.15) is 4.98 Å². The summed E-state index contributed by atoms with van der Waals surface area (Å²) >= 11 is 0. The van der Waals surface area contributed by atoms with Gasteiger partial charge in [0.25, 0.3) is 0 Å². The zero-order chi connectivity index (χ0) is 14.4. The SMILES string of the molecule is CCCOCC(C)(N)c1noc(CC2CCCCC2)n1. The van der Waals surface area contributed by atoms with Crippen LogP contribution in [0.1, 0.15) is 64.1 Å². The van der Waals surface area contributed by atoms with Gasteiger partial charge in [0.1, 0.15) is 5.54 Å². The third-order valence-electron chi connectivity index (χ3n) is 3.92. The fraction of sp³-hybridized carbons (Fsp3) is 0.867. The number of aromatic nitrogens is 2. The lowest BCUT2D eigenvalue weighted by atomic mass is 9.87. The second kappa shape index (κ2) is 7.18. The summed E-state index contributed by atoms with van der Waals surface area (Å²) in [5.74, 6) is 1.97. The minimum Gasteiger partial charge on any atom is -0.379 e. The number of rotatable bonds is 7. The van der Waals surface area contributed by atoms with Gasteiger partial charge in [0, 0.05) is 13.0 Å². The zero-order valence-corrected chi connectivity index (χ0v) is 12.7. The van der Waals surface area contributed by atoms with Gasteiger partial charge >= 0.3 is 0 Å². The van der Waals surface area contributed by atoms with Crippen LogP contribution in [0.25, 0.3) is 0 Å². The highest BCUT2D eigenvalue weighted by molar-refractivity contribution is 5.02. The molecule has 0 radical (unpaired) electrons. The molecule has 1 atom stereocenters. The molecular formula is C15H27N3O2. The second-order valence-electron chi connectivity index (χ2n) is 6.19. The van der Waals surface area contributed by atoms with Crippen molar-refractivity contribution in [3.63, 3.8) is 0 Å². The van der Waals surface area contributed by atoms with Gasteiger partial charge in [-0.25, -0.2) is 0 Å². The predicted molar refractivity (Wildman–Crippen MR) is 77.2 cm³/mol. The van der Waals surface area contributed by atoms with Crippen LogP contribution in [0.5, 0.6) is 0 Å². The third-order valence-corrected chi connectivity index (χ3v) is 3.92. The van der Waals surface area contributed by atoms with Crippen LogP contribution < -0.4 is 5.73 Å². The van der Waals surface area contributed by atoms with Crippen molar-refractivity contribution in [2.24, 2.45) is 11.7 Å². The first kappa shape index (κ1) is 15.4. The van der Waals surface area contributed by atoms with E-state index < -0.39 is 5.54 Å². The molecule has 0 amide bonds. The third kappa shape index (κ3) is 4.28. The molecule has 1 aliphatic carbocycles. The maximum Gasteiger partial charge on any atom is 0.226 e. The molecule has 1 unspecified atom stereocenters. The second-order valence-corrected chi connectivity index (χ2v) is 6.19. The molecular weight excluding hydrogens is 254 g/mol. The highest BCUT2D eigenvalue weighted by atomic mass is 16.5. The van der Waals surface area contributed by atoms with Crippen molar-refractivity contribution in [1.29, 1.82) is 0 Å². The van der Waals surface area contributed by atoms with Crippen molar-refractivity contribution in [1.82, 2.24) is 10.1 Å². The standard InChI is InChI=1S/C15H27N3O2/c1-3-9-19-11-15(2,16)14-17-13(20-18-14)10-12-7-5-4-6-8-12/h12H,3-11,16H2,1-2H3. The lowest BCUT2D eigenvalue weighted by Crippen LogP contribution is -2.39. The molecule has 0 saturated heterocycles. The first-order valence-electron chi connectivity index (χ1n) is 7.81. The van der Waals surface area contributed by atoms with Crippen LogP contribution in [0.2, 0.25) is 0 Å². The lowest BCUT2D eigenvalue weighted by Gasteiger charge is -2.20. The van der Waals surface area contributed by atoms with Gasteiger partial charge in [-0.1, -0.05) is 31.3 Å². The molecule has 1 aromatic rings. The summed E-state index contributed by atoms with van der Waals surface area (Å²) in [5, 5.41) is 4.04. The molecule has 2 N–H and O–H groups in total. The van der Waals surface area contributed by atoms with E-state index in [2.05, 4.69) is 17.1 Å². The summed E-state index contributed by atoms with van der Waals surface area (Å²) in [6.45, 7) is 5.09. The normalized spacial score (nSPS) is 19.9. The fourth-order valence-corrected chi connectivity index (χ4v) is 2.70. The van der Waals surface area contributed by atoms with Gasteiger partial charge in [0.05, 0.1) is 6.61 Å². The Bertz CT molecular complexity index is 398. The Morgan fingerprint density at radius 3 is 2.80 bits per heavy atom. The number of nitrogens with zero attached hydrogens (tertiary/aromatic N) is 2. The maximum atomic E-state index is 6.22. The molecule has 1 heterocycles. The maximum absolute atomic E-state index is 6.22. The van der Waals surface area contributed by atoms with E-state index in [1.807, 2.05) is 6.92 Å². The predicted octanol–water partition coefficient (Wildman–Crippen LogP) is 2.79. The highest BCUT2D eigenvalue weighted by Gasteiger charge is 2.28.